The normalized spacial score (nSPS) is 12.6. The van der Waals surface area contributed by atoms with E-state index in [0.29, 0.717) is 66.1 Å². The van der Waals surface area contributed by atoms with E-state index in [9.17, 15) is 20.0 Å². The molecule has 0 spiro atoms. The maximum absolute atomic E-state index is 13.6. The van der Waals surface area contributed by atoms with Crippen LogP contribution < -0.4 is 25.0 Å². The first kappa shape index (κ1) is 41.8. The number of hydrogen-bond acceptors (Lipinski definition) is 10. The van der Waals surface area contributed by atoms with Crippen LogP contribution in [-0.2, 0) is 24.6 Å². The molecule has 58 heavy (non-hydrogen) atoms. The van der Waals surface area contributed by atoms with E-state index >= 15 is 0 Å². The standard InChI is InChI=1S/C45H47ClN6O6/c1-29-34(28-58-43-21-42(35(20-40(43)46)25-49-14-17-54)57-27-32-18-31(22-47)23-50-24-32)6-4-8-37(29)38-9-5-7-36(30(38)2)33-10-11-41-39(19-33)45(56)51(3)26-44(55)52(41)15-12-48-13-16-53/h4-11,18-21,23-24,48-49,53-54H,12-17,25-28H2,1-3H3. The van der Waals surface area contributed by atoms with Gasteiger partial charge in [0.2, 0.25) is 5.91 Å². The molecule has 0 atom stereocenters. The number of anilines is 1. The van der Waals surface area contributed by atoms with Crippen molar-refractivity contribution in [3.05, 3.63) is 129 Å². The molecule has 4 N–H and O–H groups in total. The fourth-order valence-electron chi connectivity index (χ4n) is 7.03. The van der Waals surface area contributed by atoms with Crippen molar-refractivity contribution in [2.24, 2.45) is 0 Å². The maximum atomic E-state index is 13.6. The Labute approximate surface area is 343 Å². The number of nitrogens with zero attached hydrogens (tertiary/aromatic N) is 4. The molecular weight excluding hydrogens is 756 g/mol. The number of aromatic nitrogens is 1. The van der Waals surface area contributed by atoms with Crippen LogP contribution >= 0.6 is 11.6 Å². The lowest BCUT2D eigenvalue weighted by Crippen LogP contribution is -2.41. The van der Waals surface area contributed by atoms with Crippen LogP contribution in [0.5, 0.6) is 11.5 Å². The number of nitrogens with one attached hydrogen (secondary N) is 2. The van der Waals surface area contributed by atoms with Gasteiger partial charge in [-0.3, -0.25) is 14.6 Å². The van der Waals surface area contributed by atoms with Gasteiger partial charge in [0, 0.05) is 69.4 Å². The fraction of sp³-hybridized carbons (Fsp3) is 0.289. The number of carbonyl (C=O) groups excluding carboxylic acids is 2. The van der Waals surface area contributed by atoms with Crippen molar-refractivity contribution in [3.63, 3.8) is 0 Å². The number of nitriles is 1. The number of pyridine rings is 1. The Morgan fingerprint density at radius 3 is 2.31 bits per heavy atom. The van der Waals surface area contributed by atoms with Crippen LogP contribution in [0.2, 0.25) is 5.02 Å². The van der Waals surface area contributed by atoms with E-state index in [-0.39, 0.29) is 44.8 Å². The number of fused-ring (bicyclic) bond motifs is 1. The minimum absolute atomic E-state index is 0.00123. The summed E-state index contributed by atoms with van der Waals surface area (Å²) in [5.41, 5.74) is 9.92. The van der Waals surface area contributed by atoms with Crippen molar-refractivity contribution in [1.82, 2.24) is 20.5 Å². The molecule has 2 heterocycles. The minimum Gasteiger partial charge on any atom is -0.488 e. The third kappa shape index (κ3) is 9.65. The van der Waals surface area contributed by atoms with Crippen molar-refractivity contribution in [1.29, 1.82) is 5.26 Å². The Bertz CT molecular complexity index is 2330. The van der Waals surface area contributed by atoms with Gasteiger partial charge >= 0.3 is 0 Å². The summed E-state index contributed by atoms with van der Waals surface area (Å²) in [6.07, 6.45) is 3.15. The molecule has 0 unspecified atom stereocenters. The quantitative estimate of drug-likeness (QED) is 0.0847. The Kier molecular flexibility index (Phi) is 14.1. The van der Waals surface area contributed by atoms with Crippen LogP contribution in [0.25, 0.3) is 22.3 Å². The highest BCUT2D eigenvalue weighted by molar-refractivity contribution is 6.32. The Hall–Kier alpha value is -5.81. The molecule has 0 saturated carbocycles. The number of aliphatic hydroxyl groups excluding tert-OH is 2. The summed E-state index contributed by atoms with van der Waals surface area (Å²) in [6.45, 7) is 6.58. The molecule has 0 bridgehead atoms. The van der Waals surface area contributed by atoms with E-state index in [2.05, 4.69) is 47.7 Å². The number of halogens is 1. The van der Waals surface area contributed by atoms with E-state index in [4.69, 9.17) is 26.2 Å². The Balaban J connectivity index is 1.25. The lowest BCUT2D eigenvalue weighted by Gasteiger charge is -2.23. The smallest absolute Gasteiger partial charge is 0.256 e. The number of ether oxygens (including phenoxy) is 2. The summed E-state index contributed by atoms with van der Waals surface area (Å²) in [7, 11) is 1.64. The van der Waals surface area contributed by atoms with Crippen molar-refractivity contribution < 1.29 is 29.3 Å². The van der Waals surface area contributed by atoms with Crippen LogP contribution in [0, 0.1) is 25.2 Å². The molecule has 0 aliphatic carbocycles. The van der Waals surface area contributed by atoms with Crippen LogP contribution in [0.4, 0.5) is 5.69 Å². The zero-order chi connectivity index (χ0) is 41.2. The monoisotopic (exact) mass is 802 g/mol. The molecule has 4 aromatic carbocycles. The summed E-state index contributed by atoms with van der Waals surface area (Å²) in [5, 5.41) is 34.4. The van der Waals surface area contributed by atoms with Gasteiger partial charge in [0.1, 0.15) is 37.3 Å². The van der Waals surface area contributed by atoms with Gasteiger partial charge in [0.15, 0.2) is 0 Å². The second kappa shape index (κ2) is 19.6. The zero-order valence-electron chi connectivity index (χ0n) is 32.8. The number of aliphatic hydroxyl groups is 2. The summed E-state index contributed by atoms with van der Waals surface area (Å²) in [5.74, 6) is 0.607. The summed E-state index contributed by atoms with van der Waals surface area (Å²) in [6, 6.07) is 25.3. The van der Waals surface area contributed by atoms with Crippen molar-refractivity contribution in [2.45, 2.75) is 33.6 Å². The minimum atomic E-state index is -0.220. The first-order valence-corrected chi connectivity index (χ1v) is 19.4. The maximum Gasteiger partial charge on any atom is 0.256 e. The molecule has 0 saturated heterocycles. The molecule has 12 nitrogen and oxygen atoms in total. The average molecular weight is 803 g/mol. The van der Waals surface area contributed by atoms with Gasteiger partial charge in [-0.05, 0) is 77.1 Å². The lowest BCUT2D eigenvalue weighted by molar-refractivity contribution is -0.118. The van der Waals surface area contributed by atoms with E-state index in [1.807, 2.05) is 42.5 Å². The third-order valence-electron chi connectivity index (χ3n) is 10.1. The molecule has 1 aliphatic rings. The molecule has 6 rings (SSSR count). The van der Waals surface area contributed by atoms with Crippen LogP contribution in [-0.4, -0.2) is 84.9 Å². The second-order valence-electron chi connectivity index (χ2n) is 14.0. The number of carbonyl (C=O) groups is 2. The Morgan fingerprint density at radius 2 is 1.53 bits per heavy atom. The highest BCUT2D eigenvalue weighted by atomic mass is 35.5. The fourth-order valence-corrected chi connectivity index (χ4v) is 7.27. The number of amides is 2. The van der Waals surface area contributed by atoms with Crippen LogP contribution in [0.15, 0.2) is 85.2 Å². The van der Waals surface area contributed by atoms with E-state index < -0.39 is 0 Å². The van der Waals surface area contributed by atoms with Gasteiger partial charge in [-0.2, -0.15) is 5.26 Å². The molecule has 13 heteroatoms. The predicted octanol–water partition coefficient (Wildman–Crippen LogP) is 5.80. The largest absolute Gasteiger partial charge is 0.488 e. The van der Waals surface area contributed by atoms with Gasteiger partial charge in [-0.25, -0.2) is 0 Å². The van der Waals surface area contributed by atoms with Crippen molar-refractivity contribution in [2.75, 3.05) is 57.9 Å². The van der Waals surface area contributed by atoms with Crippen LogP contribution in [0.3, 0.4) is 0 Å². The first-order chi connectivity index (χ1) is 28.1. The van der Waals surface area contributed by atoms with Gasteiger partial charge in [0.25, 0.3) is 5.91 Å². The molecule has 5 aromatic rings. The molecule has 300 valence electrons. The third-order valence-corrected chi connectivity index (χ3v) is 10.4. The topological polar surface area (TPSA) is 160 Å². The van der Waals surface area contributed by atoms with Gasteiger partial charge in [-0.1, -0.05) is 54.1 Å². The Morgan fingerprint density at radius 1 is 0.810 bits per heavy atom. The number of rotatable bonds is 17. The van der Waals surface area contributed by atoms with Crippen molar-refractivity contribution >= 4 is 29.1 Å². The molecule has 2 amide bonds. The SMILES string of the molecule is Cc1c(COc2cc(OCc3cncc(C#N)c3)c(CNCCO)cc2Cl)cccc1-c1cccc(-c2ccc3c(c2)C(=O)N(C)CC(=O)N3CCNCCO)c1C. The van der Waals surface area contributed by atoms with E-state index in [0.717, 1.165) is 50.1 Å². The lowest BCUT2D eigenvalue weighted by atomic mass is 9.89. The van der Waals surface area contributed by atoms with E-state index in [1.54, 1.807) is 36.3 Å². The number of benzene rings is 4. The van der Waals surface area contributed by atoms with Gasteiger partial charge in [0.05, 0.1) is 35.1 Å². The second-order valence-corrected chi connectivity index (χ2v) is 14.4. The molecule has 1 aliphatic heterocycles. The molecular formula is C45H47ClN6O6. The van der Waals surface area contributed by atoms with E-state index in [1.165, 1.54) is 11.1 Å². The molecule has 1 aromatic heterocycles. The predicted molar refractivity (Wildman–Crippen MR) is 224 cm³/mol. The summed E-state index contributed by atoms with van der Waals surface area (Å²) in [4.78, 5) is 34.0. The van der Waals surface area contributed by atoms with Gasteiger partial charge in [-0.15, -0.1) is 0 Å². The zero-order valence-corrected chi connectivity index (χ0v) is 33.6. The highest BCUT2D eigenvalue weighted by Gasteiger charge is 2.30. The van der Waals surface area contributed by atoms with Gasteiger partial charge < -0.3 is 40.1 Å². The summed E-state index contributed by atoms with van der Waals surface area (Å²) >= 11 is 6.76. The first-order valence-electron chi connectivity index (χ1n) is 19.1. The molecule has 0 radical (unpaired) electrons. The van der Waals surface area contributed by atoms with Crippen LogP contribution in [0.1, 0.15) is 43.7 Å². The number of likely N-dealkylation sites (N-methyl/N-ethyl adjacent to an activating group) is 1. The van der Waals surface area contributed by atoms with Crippen molar-refractivity contribution in [3.8, 4) is 39.8 Å². The average Bonchev–Trinajstić information content (AvgIpc) is 3.31. The summed E-state index contributed by atoms with van der Waals surface area (Å²) < 4.78 is 12.6. The number of hydrogen-bond donors (Lipinski definition) is 4. The molecule has 0 fully saturated rings. The highest BCUT2D eigenvalue weighted by Crippen LogP contribution is 2.38.